The Labute approximate surface area is 224 Å². The SMILES string of the molecule is CC(C)NC(=O)COc1ccc(/C=N\NC(=O)c2ccc(CN3CCN(c4ccccc4)CC3)cc2)cc1. The second-order valence-corrected chi connectivity index (χ2v) is 9.57. The fourth-order valence-corrected chi connectivity index (χ4v) is 4.22. The van der Waals surface area contributed by atoms with Crippen LogP contribution in [0.15, 0.2) is 84.0 Å². The first-order valence-electron chi connectivity index (χ1n) is 12.9. The smallest absolute Gasteiger partial charge is 0.271 e. The molecule has 3 aromatic rings. The molecule has 1 fully saturated rings. The highest BCUT2D eigenvalue weighted by molar-refractivity contribution is 5.94. The second-order valence-electron chi connectivity index (χ2n) is 9.57. The lowest BCUT2D eigenvalue weighted by atomic mass is 10.1. The number of carbonyl (C=O) groups is 2. The van der Waals surface area contributed by atoms with Crippen molar-refractivity contribution in [3.63, 3.8) is 0 Å². The third kappa shape index (κ3) is 8.18. The Bertz CT molecular complexity index is 1200. The molecule has 0 atom stereocenters. The van der Waals surface area contributed by atoms with Gasteiger partial charge in [-0.25, -0.2) is 5.43 Å². The van der Waals surface area contributed by atoms with Gasteiger partial charge in [-0.15, -0.1) is 0 Å². The number of benzene rings is 3. The molecular weight excluding hydrogens is 478 g/mol. The van der Waals surface area contributed by atoms with Crippen molar-refractivity contribution in [1.82, 2.24) is 15.6 Å². The van der Waals surface area contributed by atoms with E-state index in [9.17, 15) is 9.59 Å². The highest BCUT2D eigenvalue weighted by atomic mass is 16.5. The molecule has 0 aromatic heterocycles. The molecule has 8 nitrogen and oxygen atoms in total. The van der Waals surface area contributed by atoms with Crippen LogP contribution in [0.2, 0.25) is 0 Å². The van der Waals surface area contributed by atoms with Gasteiger partial charge < -0.3 is 15.0 Å². The minimum Gasteiger partial charge on any atom is -0.484 e. The first kappa shape index (κ1) is 26.9. The van der Waals surface area contributed by atoms with Crippen LogP contribution < -0.4 is 20.4 Å². The Balaban J connectivity index is 1.19. The van der Waals surface area contributed by atoms with Gasteiger partial charge >= 0.3 is 0 Å². The topological polar surface area (TPSA) is 86.3 Å². The predicted molar refractivity (Wildman–Crippen MR) is 151 cm³/mol. The van der Waals surface area contributed by atoms with Gasteiger partial charge in [-0.05, 0) is 73.5 Å². The molecular formula is C30H35N5O3. The van der Waals surface area contributed by atoms with Crippen LogP contribution in [0.25, 0.3) is 0 Å². The van der Waals surface area contributed by atoms with Crippen LogP contribution in [-0.4, -0.2) is 61.8 Å². The molecule has 0 spiro atoms. The highest BCUT2D eigenvalue weighted by Crippen LogP contribution is 2.17. The summed E-state index contributed by atoms with van der Waals surface area (Å²) in [7, 11) is 0. The number of hydrogen-bond donors (Lipinski definition) is 2. The number of hydrazone groups is 1. The summed E-state index contributed by atoms with van der Waals surface area (Å²) in [6.45, 7) is 8.66. The van der Waals surface area contributed by atoms with Crippen molar-refractivity contribution in [2.45, 2.75) is 26.4 Å². The number of hydrogen-bond acceptors (Lipinski definition) is 6. The van der Waals surface area contributed by atoms with E-state index < -0.39 is 0 Å². The van der Waals surface area contributed by atoms with Crippen LogP contribution in [0.5, 0.6) is 5.75 Å². The number of para-hydroxylation sites is 1. The monoisotopic (exact) mass is 513 g/mol. The number of carbonyl (C=O) groups excluding carboxylic acids is 2. The molecule has 0 saturated carbocycles. The van der Waals surface area contributed by atoms with Gasteiger partial charge in [-0.3, -0.25) is 14.5 Å². The predicted octanol–water partition coefficient (Wildman–Crippen LogP) is 3.68. The quantitative estimate of drug-likeness (QED) is 0.319. The maximum atomic E-state index is 12.5. The number of rotatable bonds is 10. The average molecular weight is 514 g/mol. The van der Waals surface area contributed by atoms with Crippen LogP contribution >= 0.6 is 0 Å². The summed E-state index contributed by atoms with van der Waals surface area (Å²) < 4.78 is 5.47. The molecule has 0 aliphatic carbocycles. The fourth-order valence-electron chi connectivity index (χ4n) is 4.22. The zero-order valence-electron chi connectivity index (χ0n) is 22.0. The van der Waals surface area contributed by atoms with E-state index in [0.29, 0.717) is 11.3 Å². The lowest BCUT2D eigenvalue weighted by Gasteiger charge is -2.36. The molecule has 2 N–H and O–H groups in total. The molecule has 2 amide bonds. The van der Waals surface area contributed by atoms with E-state index in [-0.39, 0.29) is 24.5 Å². The Morgan fingerprint density at radius 1 is 0.921 bits per heavy atom. The van der Waals surface area contributed by atoms with Crippen molar-refractivity contribution >= 4 is 23.7 Å². The van der Waals surface area contributed by atoms with Crippen molar-refractivity contribution in [3.05, 3.63) is 95.6 Å². The molecule has 0 radical (unpaired) electrons. The minimum absolute atomic E-state index is 0.0364. The van der Waals surface area contributed by atoms with Crippen LogP contribution in [0.1, 0.15) is 35.3 Å². The van der Waals surface area contributed by atoms with Crippen molar-refractivity contribution in [2.75, 3.05) is 37.7 Å². The third-order valence-corrected chi connectivity index (χ3v) is 6.20. The largest absolute Gasteiger partial charge is 0.484 e. The summed E-state index contributed by atoms with van der Waals surface area (Å²) in [6.07, 6.45) is 1.57. The highest BCUT2D eigenvalue weighted by Gasteiger charge is 2.17. The lowest BCUT2D eigenvalue weighted by Crippen LogP contribution is -2.45. The van der Waals surface area contributed by atoms with E-state index in [2.05, 4.69) is 49.9 Å². The van der Waals surface area contributed by atoms with Crippen LogP contribution in [0.3, 0.4) is 0 Å². The molecule has 38 heavy (non-hydrogen) atoms. The van der Waals surface area contributed by atoms with E-state index in [1.54, 1.807) is 30.5 Å². The van der Waals surface area contributed by atoms with E-state index in [0.717, 1.165) is 38.3 Å². The molecule has 4 rings (SSSR count). The van der Waals surface area contributed by atoms with Gasteiger partial charge in [0.05, 0.1) is 6.21 Å². The van der Waals surface area contributed by atoms with Crippen molar-refractivity contribution in [3.8, 4) is 5.75 Å². The molecule has 8 heteroatoms. The van der Waals surface area contributed by atoms with E-state index in [1.165, 1.54) is 11.3 Å². The van der Waals surface area contributed by atoms with E-state index in [1.807, 2.05) is 44.2 Å². The summed E-state index contributed by atoms with van der Waals surface area (Å²) in [5.74, 6) is 0.159. The standard InChI is InChI=1S/C30H35N5O3/c1-23(2)32-29(36)22-38-28-14-10-24(11-15-28)20-31-33-30(37)26-12-8-25(9-13-26)21-34-16-18-35(19-17-34)27-6-4-3-5-7-27/h3-15,20,23H,16-19,21-22H2,1-2H3,(H,32,36)(H,33,37)/b31-20-. The second kappa shape index (κ2) is 13.4. The zero-order chi connectivity index (χ0) is 26.7. The first-order chi connectivity index (χ1) is 18.5. The summed E-state index contributed by atoms with van der Waals surface area (Å²) >= 11 is 0. The molecule has 0 unspecified atom stereocenters. The molecule has 1 aliphatic rings. The molecule has 1 aliphatic heterocycles. The Morgan fingerprint density at radius 2 is 1.61 bits per heavy atom. The van der Waals surface area contributed by atoms with E-state index >= 15 is 0 Å². The van der Waals surface area contributed by atoms with Crippen LogP contribution in [0.4, 0.5) is 5.69 Å². The van der Waals surface area contributed by atoms with Crippen molar-refractivity contribution in [2.24, 2.45) is 5.10 Å². The number of anilines is 1. The molecule has 3 aromatic carbocycles. The average Bonchev–Trinajstić information content (AvgIpc) is 2.93. The summed E-state index contributed by atoms with van der Waals surface area (Å²) in [4.78, 5) is 29.0. The van der Waals surface area contributed by atoms with Gasteiger partial charge in [0.2, 0.25) is 0 Å². The van der Waals surface area contributed by atoms with Gasteiger partial charge in [0.1, 0.15) is 5.75 Å². The summed E-state index contributed by atoms with van der Waals surface area (Å²) in [5.41, 5.74) is 6.39. The van der Waals surface area contributed by atoms with Gasteiger partial charge in [0.15, 0.2) is 6.61 Å². The normalized spacial score (nSPS) is 14.0. The van der Waals surface area contributed by atoms with Gasteiger partial charge in [0.25, 0.3) is 11.8 Å². The third-order valence-electron chi connectivity index (χ3n) is 6.20. The maximum Gasteiger partial charge on any atom is 0.271 e. The number of nitrogens with zero attached hydrogens (tertiary/aromatic N) is 3. The molecule has 1 heterocycles. The maximum absolute atomic E-state index is 12.5. The first-order valence-corrected chi connectivity index (χ1v) is 12.9. The Hall–Kier alpha value is -4.17. The molecule has 0 bridgehead atoms. The van der Waals surface area contributed by atoms with Gasteiger partial charge in [0, 0.05) is 50.0 Å². The van der Waals surface area contributed by atoms with E-state index in [4.69, 9.17) is 4.74 Å². The number of nitrogens with one attached hydrogen (secondary N) is 2. The number of piperazine rings is 1. The van der Waals surface area contributed by atoms with Gasteiger partial charge in [-0.1, -0.05) is 30.3 Å². The summed E-state index contributed by atoms with van der Waals surface area (Å²) in [6, 6.07) is 25.4. The minimum atomic E-state index is -0.264. The molecule has 1 saturated heterocycles. The Morgan fingerprint density at radius 3 is 2.26 bits per heavy atom. The van der Waals surface area contributed by atoms with Crippen molar-refractivity contribution < 1.29 is 14.3 Å². The van der Waals surface area contributed by atoms with Crippen molar-refractivity contribution in [1.29, 1.82) is 0 Å². The summed E-state index contributed by atoms with van der Waals surface area (Å²) in [5, 5.41) is 6.84. The zero-order valence-corrected chi connectivity index (χ0v) is 22.0. The van der Waals surface area contributed by atoms with Crippen LogP contribution in [-0.2, 0) is 11.3 Å². The Kier molecular flexibility index (Phi) is 9.48. The van der Waals surface area contributed by atoms with Gasteiger partial charge in [-0.2, -0.15) is 5.10 Å². The molecule has 198 valence electrons. The fraction of sp³-hybridized carbons (Fsp3) is 0.300. The number of ether oxygens (including phenoxy) is 1. The number of amides is 2. The van der Waals surface area contributed by atoms with Crippen LogP contribution in [0, 0.1) is 0 Å². The lowest BCUT2D eigenvalue weighted by molar-refractivity contribution is -0.123.